The number of hydrogen-bond donors (Lipinski definition) is 3. The second-order valence-corrected chi connectivity index (χ2v) is 7.24. The van der Waals surface area contributed by atoms with Crippen molar-refractivity contribution >= 4 is 23.3 Å². The van der Waals surface area contributed by atoms with Gasteiger partial charge in [-0.3, -0.25) is 9.59 Å². The van der Waals surface area contributed by atoms with Gasteiger partial charge >= 0.3 is 0 Å². The number of ether oxygens (including phenoxy) is 2. The summed E-state index contributed by atoms with van der Waals surface area (Å²) in [5, 5.41) is 13.1. The Labute approximate surface area is 181 Å². The van der Waals surface area contributed by atoms with E-state index in [1.54, 1.807) is 36.4 Å². The summed E-state index contributed by atoms with van der Waals surface area (Å²) in [5.41, 5.74) is 6.59. The molecule has 10 heteroatoms. The van der Waals surface area contributed by atoms with Crippen molar-refractivity contribution in [2.24, 2.45) is 5.73 Å². The molecule has 0 bridgehead atoms. The van der Waals surface area contributed by atoms with E-state index in [0.717, 1.165) is 32.5 Å². The number of anilines is 2. The highest BCUT2D eigenvalue weighted by atomic mass is 16.5. The first kappa shape index (κ1) is 22.6. The summed E-state index contributed by atoms with van der Waals surface area (Å²) in [4.78, 5) is 27.2. The van der Waals surface area contributed by atoms with Crippen molar-refractivity contribution in [3.05, 3.63) is 42.0 Å². The molecule has 0 radical (unpaired) electrons. The number of likely N-dealkylation sites (tertiary alicyclic amines) is 1. The van der Waals surface area contributed by atoms with E-state index in [9.17, 15) is 9.59 Å². The van der Waals surface area contributed by atoms with Gasteiger partial charge in [0.2, 0.25) is 11.8 Å². The fraction of sp³-hybridized carbons (Fsp3) is 0.429. The number of hydrogen-bond acceptors (Lipinski definition) is 8. The number of carbonyl (C=O) groups excluding carboxylic acids is 2. The number of nitrogens with zero attached hydrogens (tertiary/aromatic N) is 3. The Hall–Kier alpha value is -3.08. The minimum absolute atomic E-state index is 0.0900. The Morgan fingerprint density at radius 3 is 2.61 bits per heavy atom. The Bertz CT molecular complexity index is 868. The van der Waals surface area contributed by atoms with E-state index in [4.69, 9.17) is 15.2 Å². The summed E-state index contributed by atoms with van der Waals surface area (Å²) < 4.78 is 10.4. The molecule has 1 aliphatic heterocycles. The number of amides is 2. The lowest BCUT2D eigenvalue weighted by atomic mass is 10.1. The smallest absolute Gasteiger partial charge is 0.258 e. The molecule has 1 aromatic heterocycles. The van der Waals surface area contributed by atoms with Crippen molar-refractivity contribution in [3.63, 3.8) is 0 Å². The molecule has 1 saturated heterocycles. The highest BCUT2D eigenvalue weighted by Gasteiger charge is 2.16. The number of methoxy groups -OCH3 is 1. The van der Waals surface area contributed by atoms with Gasteiger partial charge in [0, 0.05) is 18.7 Å². The van der Waals surface area contributed by atoms with E-state index < -0.39 is 5.91 Å². The SMILES string of the molecule is COc1ccc(NC(=O)c2ccccc2NC(=O)COCCN2CCC(N)CC2)nn1. The molecular weight excluding hydrogens is 400 g/mol. The molecule has 0 saturated carbocycles. The summed E-state index contributed by atoms with van der Waals surface area (Å²) in [6.45, 7) is 3.05. The van der Waals surface area contributed by atoms with Gasteiger partial charge in [-0.05, 0) is 44.1 Å². The first-order valence-electron chi connectivity index (χ1n) is 10.2. The molecule has 2 heterocycles. The van der Waals surface area contributed by atoms with Crippen LogP contribution in [0.25, 0.3) is 0 Å². The molecule has 4 N–H and O–H groups in total. The molecule has 1 aliphatic rings. The Morgan fingerprint density at radius 1 is 1.13 bits per heavy atom. The zero-order chi connectivity index (χ0) is 22.1. The minimum atomic E-state index is -0.417. The second-order valence-electron chi connectivity index (χ2n) is 7.24. The van der Waals surface area contributed by atoms with Crippen molar-refractivity contribution in [2.75, 3.05) is 50.6 Å². The minimum Gasteiger partial charge on any atom is -0.480 e. The van der Waals surface area contributed by atoms with Crippen molar-refractivity contribution in [1.29, 1.82) is 0 Å². The third-order valence-electron chi connectivity index (χ3n) is 4.95. The number of para-hydroxylation sites is 1. The third kappa shape index (κ3) is 6.99. The van der Waals surface area contributed by atoms with Crippen LogP contribution in [0.2, 0.25) is 0 Å². The summed E-state index contributed by atoms with van der Waals surface area (Å²) in [5.74, 6) is -0.131. The molecular formula is C21H28N6O4. The molecule has 31 heavy (non-hydrogen) atoms. The van der Waals surface area contributed by atoms with Crippen molar-refractivity contribution in [2.45, 2.75) is 18.9 Å². The van der Waals surface area contributed by atoms with E-state index in [1.807, 2.05) is 0 Å². The number of aromatic nitrogens is 2. The largest absolute Gasteiger partial charge is 0.480 e. The third-order valence-corrected chi connectivity index (χ3v) is 4.95. The second kappa shape index (κ2) is 11.3. The van der Waals surface area contributed by atoms with E-state index in [2.05, 4.69) is 25.7 Å². The van der Waals surface area contributed by atoms with Crippen LogP contribution in [0, 0.1) is 0 Å². The van der Waals surface area contributed by atoms with Crippen LogP contribution >= 0.6 is 0 Å². The Morgan fingerprint density at radius 2 is 1.90 bits per heavy atom. The molecule has 0 spiro atoms. The van der Waals surface area contributed by atoms with Gasteiger partial charge < -0.3 is 30.7 Å². The zero-order valence-electron chi connectivity index (χ0n) is 17.5. The molecule has 2 amide bonds. The average Bonchev–Trinajstić information content (AvgIpc) is 2.79. The first-order chi connectivity index (χ1) is 15.0. The van der Waals surface area contributed by atoms with Gasteiger partial charge in [-0.15, -0.1) is 10.2 Å². The molecule has 10 nitrogen and oxygen atoms in total. The highest BCUT2D eigenvalue weighted by Crippen LogP contribution is 2.17. The lowest BCUT2D eigenvalue weighted by Crippen LogP contribution is -2.41. The van der Waals surface area contributed by atoms with Crippen LogP contribution in [0.15, 0.2) is 36.4 Å². The van der Waals surface area contributed by atoms with Gasteiger partial charge in [0.25, 0.3) is 5.91 Å². The molecule has 3 rings (SSSR count). The predicted octanol–water partition coefficient (Wildman–Crippen LogP) is 1.12. The maximum Gasteiger partial charge on any atom is 0.258 e. The van der Waals surface area contributed by atoms with Gasteiger partial charge in [0.05, 0.1) is 25.0 Å². The van der Waals surface area contributed by atoms with Gasteiger partial charge in [0.15, 0.2) is 5.82 Å². The number of piperidine rings is 1. The van der Waals surface area contributed by atoms with Gasteiger partial charge in [0.1, 0.15) is 6.61 Å². The van der Waals surface area contributed by atoms with Crippen molar-refractivity contribution in [1.82, 2.24) is 15.1 Å². The number of carbonyl (C=O) groups is 2. The maximum atomic E-state index is 12.6. The van der Waals surface area contributed by atoms with E-state index >= 15 is 0 Å². The van der Waals surface area contributed by atoms with Gasteiger partial charge in [-0.1, -0.05) is 12.1 Å². The maximum absolute atomic E-state index is 12.6. The highest BCUT2D eigenvalue weighted by molar-refractivity contribution is 6.09. The van der Waals surface area contributed by atoms with Gasteiger partial charge in [-0.25, -0.2) is 0 Å². The molecule has 1 fully saturated rings. The molecule has 1 aromatic carbocycles. The Kier molecular flexibility index (Phi) is 8.27. The number of rotatable bonds is 9. The standard InChI is InChI=1S/C21H28N6O4/c1-30-20-7-6-18(25-26-20)24-21(29)16-4-2-3-5-17(16)23-19(28)14-31-13-12-27-10-8-15(22)9-11-27/h2-7,15H,8-14,22H2,1H3,(H,23,28)(H,24,25,29). The van der Waals surface area contributed by atoms with Crippen molar-refractivity contribution in [3.8, 4) is 5.88 Å². The fourth-order valence-corrected chi connectivity index (χ4v) is 3.19. The Balaban J connectivity index is 1.47. The van der Waals surface area contributed by atoms with Crippen LogP contribution in [-0.4, -0.2) is 72.9 Å². The van der Waals surface area contributed by atoms with E-state index in [-0.39, 0.29) is 24.4 Å². The molecule has 166 valence electrons. The zero-order valence-corrected chi connectivity index (χ0v) is 17.5. The van der Waals surface area contributed by atoms with Crippen LogP contribution in [0.5, 0.6) is 5.88 Å². The molecule has 0 unspecified atom stereocenters. The van der Waals surface area contributed by atoms with Gasteiger partial charge in [-0.2, -0.15) is 0 Å². The molecule has 2 aromatic rings. The summed E-state index contributed by atoms with van der Waals surface area (Å²) in [6.07, 6.45) is 1.98. The first-order valence-corrected chi connectivity index (χ1v) is 10.2. The molecule has 0 aliphatic carbocycles. The van der Waals surface area contributed by atoms with E-state index in [0.29, 0.717) is 23.7 Å². The average molecular weight is 428 g/mol. The van der Waals surface area contributed by atoms with Crippen LogP contribution in [0.3, 0.4) is 0 Å². The number of nitrogens with two attached hydrogens (primary N) is 1. The lowest BCUT2D eigenvalue weighted by Gasteiger charge is -2.29. The van der Waals surface area contributed by atoms with Crippen LogP contribution in [-0.2, 0) is 9.53 Å². The lowest BCUT2D eigenvalue weighted by molar-refractivity contribution is -0.120. The topological polar surface area (TPSA) is 132 Å². The predicted molar refractivity (Wildman–Crippen MR) is 116 cm³/mol. The summed E-state index contributed by atoms with van der Waals surface area (Å²) in [7, 11) is 1.48. The molecule has 0 atom stereocenters. The quantitative estimate of drug-likeness (QED) is 0.506. The summed E-state index contributed by atoms with van der Waals surface area (Å²) >= 11 is 0. The monoisotopic (exact) mass is 428 g/mol. The van der Waals surface area contributed by atoms with Crippen LogP contribution in [0.1, 0.15) is 23.2 Å². The summed E-state index contributed by atoms with van der Waals surface area (Å²) in [6, 6.07) is 10.2. The normalized spacial score (nSPS) is 14.8. The fourth-order valence-electron chi connectivity index (χ4n) is 3.19. The van der Waals surface area contributed by atoms with E-state index in [1.165, 1.54) is 7.11 Å². The number of benzene rings is 1. The number of nitrogens with one attached hydrogen (secondary N) is 2. The van der Waals surface area contributed by atoms with Crippen LogP contribution in [0.4, 0.5) is 11.5 Å². The van der Waals surface area contributed by atoms with Crippen LogP contribution < -0.4 is 21.1 Å². The van der Waals surface area contributed by atoms with Crippen molar-refractivity contribution < 1.29 is 19.1 Å².